The molecule has 0 amide bonds. The molecule has 0 spiro atoms. The van der Waals surface area contributed by atoms with E-state index in [1.165, 1.54) is 17.7 Å². The van der Waals surface area contributed by atoms with Crippen molar-refractivity contribution in [2.45, 2.75) is 19.8 Å². The molecule has 98 valence electrons. The van der Waals surface area contributed by atoms with Crippen LogP contribution in [0.5, 0.6) is 11.5 Å². The van der Waals surface area contributed by atoms with Crippen LogP contribution >= 0.6 is 0 Å². The van der Waals surface area contributed by atoms with Crippen LogP contribution in [0.25, 0.3) is 0 Å². The SMILES string of the molecule is CC(C)c1ccc(Oc2ccc([N+](=O)[O-])cc2)cc1. The molecule has 0 aliphatic rings. The summed E-state index contributed by atoms with van der Waals surface area (Å²) in [6.45, 7) is 4.26. The van der Waals surface area contributed by atoms with Crippen molar-refractivity contribution in [3.05, 3.63) is 64.2 Å². The van der Waals surface area contributed by atoms with Crippen molar-refractivity contribution in [3.63, 3.8) is 0 Å². The Morgan fingerprint density at radius 2 is 1.42 bits per heavy atom. The van der Waals surface area contributed by atoms with E-state index in [1.807, 2.05) is 24.3 Å². The second kappa shape index (κ2) is 5.52. The summed E-state index contributed by atoms with van der Waals surface area (Å²) >= 11 is 0. The van der Waals surface area contributed by atoms with Gasteiger partial charge in [0.25, 0.3) is 5.69 Å². The molecule has 2 aromatic carbocycles. The first-order valence-corrected chi connectivity index (χ1v) is 6.08. The molecule has 0 saturated heterocycles. The lowest BCUT2D eigenvalue weighted by Crippen LogP contribution is -1.89. The highest BCUT2D eigenvalue weighted by Crippen LogP contribution is 2.25. The minimum Gasteiger partial charge on any atom is -0.457 e. The second-order valence-electron chi connectivity index (χ2n) is 4.58. The van der Waals surface area contributed by atoms with Gasteiger partial charge in [0.15, 0.2) is 0 Å². The lowest BCUT2D eigenvalue weighted by atomic mass is 10.0. The molecule has 0 fully saturated rings. The molecule has 4 heteroatoms. The number of nitrogens with zero attached hydrogens (tertiary/aromatic N) is 1. The van der Waals surface area contributed by atoms with Crippen molar-refractivity contribution >= 4 is 5.69 Å². The number of ether oxygens (including phenoxy) is 1. The van der Waals surface area contributed by atoms with Crippen LogP contribution in [0.15, 0.2) is 48.5 Å². The van der Waals surface area contributed by atoms with Gasteiger partial charge in [-0.05, 0) is 35.7 Å². The normalized spacial score (nSPS) is 10.5. The summed E-state index contributed by atoms with van der Waals surface area (Å²) in [5.41, 5.74) is 1.30. The third-order valence-corrected chi connectivity index (χ3v) is 2.83. The zero-order valence-electron chi connectivity index (χ0n) is 10.9. The monoisotopic (exact) mass is 257 g/mol. The maximum atomic E-state index is 10.5. The van der Waals surface area contributed by atoms with Crippen molar-refractivity contribution in [1.29, 1.82) is 0 Å². The van der Waals surface area contributed by atoms with Gasteiger partial charge in [0.05, 0.1) is 4.92 Å². The number of benzene rings is 2. The highest BCUT2D eigenvalue weighted by molar-refractivity contribution is 5.39. The average Bonchev–Trinajstić information content (AvgIpc) is 2.40. The molecule has 0 unspecified atom stereocenters. The van der Waals surface area contributed by atoms with E-state index in [-0.39, 0.29) is 5.69 Å². The van der Waals surface area contributed by atoms with Gasteiger partial charge >= 0.3 is 0 Å². The van der Waals surface area contributed by atoms with Crippen LogP contribution in [0.4, 0.5) is 5.69 Å². The number of nitro benzene ring substituents is 1. The molecule has 0 bridgehead atoms. The van der Waals surface area contributed by atoms with Crippen molar-refractivity contribution in [2.24, 2.45) is 0 Å². The Morgan fingerprint density at radius 1 is 0.947 bits per heavy atom. The number of non-ortho nitro benzene ring substituents is 1. The molecule has 0 saturated carbocycles. The zero-order chi connectivity index (χ0) is 13.8. The molecule has 0 aliphatic heterocycles. The summed E-state index contributed by atoms with van der Waals surface area (Å²) < 4.78 is 5.63. The maximum Gasteiger partial charge on any atom is 0.269 e. The van der Waals surface area contributed by atoms with Gasteiger partial charge in [0, 0.05) is 12.1 Å². The minimum absolute atomic E-state index is 0.0579. The van der Waals surface area contributed by atoms with Crippen LogP contribution in [0.2, 0.25) is 0 Å². The molecule has 2 rings (SSSR count). The minimum atomic E-state index is -0.429. The Kier molecular flexibility index (Phi) is 3.80. The fourth-order valence-electron chi connectivity index (χ4n) is 1.69. The zero-order valence-corrected chi connectivity index (χ0v) is 10.9. The Morgan fingerprint density at radius 3 is 1.84 bits per heavy atom. The van der Waals surface area contributed by atoms with Crippen LogP contribution in [-0.2, 0) is 0 Å². The van der Waals surface area contributed by atoms with E-state index in [2.05, 4.69) is 13.8 Å². The molecule has 0 atom stereocenters. The van der Waals surface area contributed by atoms with Gasteiger partial charge in [-0.3, -0.25) is 10.1 Å². The Bertz CT molecular complexity index is 559. The first kappa shape index (κ1) is 13.1. The number of nitro groups is 1. The summed E-state index contributed by atoms with van der Waals surface area (Å²) in [6, 6.07) is 13.9. The van der Waals surface area contributed by atoms with Gasteiger partial charge in [0.2, 0.25) is 0 Å². The lowest BCUT2D eigenvalue weighted by Gasteiger charge is -2.08. The summed E-state index contributed by atoms with van der Waals surface area (Å²) in [7, 11) is 0. The summed E-state index contributed by atoms with van der Waals surface area (Å²) in [5, 5.41) is 10.5. The molecule has 0 aliphatic carbocycles. The fraction of sp³-hybridized carbons (Fsp3) is 0.200. The van der Waals surface area contributed by atoms with Gasteiger partial charge in [-0.2, -0.15) is 0 Å². The number of rotatable bonds is 4. The second-order valence-corrected chi connectivity index (χ2v) is 4.58. The predicted molar refractivity (Wildman–Crippen MR) is 73.7 cm³/mol. The Hall–Kier alpha value is -2.36. The first-order valence-electron chi connectivity index (χ1n) is 6.08. The number of hydrogen-bond acceptors (Lipinski definition) is 3. The van der Waals surface area contributed by atoms with Crippen molar-refractivity contribution < 1.29 is 9.66 Å². The van der Waals surface area contributed by atoms with Gasteiger partial charge < -0.3 is 4.74 Å². The molecule has 2 aromatic rings. The molecular formula is C15H15NO3. The van der Waals surface area contributed by atoms with Crippen LogP contribution in [0, 0.1) is 10.1 Å². The third-order valence-electron chi connectivity index (χ3n) is 2.83. The molecule has 0 radical (unpaired) electrons. The summed E-state index contributed by atoms with van der Waals surface area (Å²) in [4.78, 5) is 10.1. The van der Waals surface area contributed by atoms with Crippen LogP contribution in [0.1, 0.15) is 25.3 Å². The van der Waals surface area contributed by atoms with Crippen molar-refractivity contribution in [3.8, 4) is 11.5 Å². The Balaban J connectivity index is 2.10. The van der Waals surface area contributed by atoms with E-state index < -0.39 is 4.92 Å². The molecule has 0 N–H and O–H groups in total. The van der Waals surface area contributed by atoms with Crippen LogP contribution in [-0.4, -0.2) is 4.92 Å². The van der Waals surface area contributed by atoms with Crippen molar-refractivity contribution in [2.75, 3.05) is 0 Å². The third kappa shape index (κ3) is 3.31. The molecular weight excluding hydrogens is 242 g/mol. The van der Waals surface area contributed by atoms with E-state index in [1.54, 1.807) is 12.1 Å². The van der Waals surface area contributed by atoms with Gasteiger partial charge in [-0.25, -0.2) is 0 Å². The quantitative estimate of drug-likeness (QED) is 0.598. The average molecular weight is 257 g/mol. The first-order chi connectivity index (χ1) is 9.06. The molecule has 0 heterocycles. The van der Waals surface area contributed by atoms with E-state index in [0.717, 1.165) is 5.75 Å². The molecule has 0 aromatic heterocycles. The fourth-order valence-corrected chi connectivity index (χ4v) is 1.69. The molecule has 19 heavy (non-hydrogen) atoms. The molecule has 4 nitrogen and oxygen atoms in total. The summed E-state index contributed by atoms with van der Waals surface area (Å²) in [6.07, 6.45) is 0. The van der Waals surface area contributed by atoms with E-state index in [0.29, 0.717) is 11.7 Å². The predicted octanol–water partition coefficient (Wildman–Crippen LogP) is 4.51. The number of hydrogen-bond donors (Lipinski definition) is 0. The highest BCUT2D eigenvalue weighted by atomic mass is 16.6. The summed E-state index contributed by atoms with van der Waals surface area (Å²) in [5.74, 6) is 1.79. The smallest absolute Gasteiger partial charge is 0.269 e. The van der Waals surface area contributed by atoms with Gasteiger partial charge in [-0.15, -0.1) is 0 Å². The largest absolute Gasteiger partial charge is 0.457 e. The standard InChI is InChI=1S/C15H15NO3/c1-11(2)12-3-7-14(8-4-12)19-15-9-5-13(6-10-15)16(17)18/h3-11H,1-2H3. The highest BCUT2D eigenvalue weighted by Gasteiger charge is 2.05. The van der Waals surface area contributed by atoms with Crippen LogP contribution in [0.3, 0.4) is 0 Å². The van der Waals surface area contributed by atoms with Gasteiger partial charge in [0.1, 0.15) is 11.5 Å². The van der Waals surface area contributed by atoms with Crippen LogP contribution < -0.4 is 4.74 Å². The van der Waals surface area contributed by atoms with Gasteiger partial charge in [-0.1, -0.05) is 26.0 Å². The Labute approximate surface area is 111 Å². The lowest BCUT2D eigenvalue weighted by molar-refractivity contribution is -0.384. The van der Waals surface area contributed by atoms with Crippen molar-refractivity contribution in [1.82, 2.24) is 0 Å². The van der Waals surface area contributed by atoms with E-state index in [9.17, 15) is 10.1 Å². The maximum absolute atomic E-state index is 10.5. The van der Waals surface area contributed by atoms with E-state index >= 15 is 0 Å². The van der Waals surface area contributed by atoms with E-state index in [4.69, 9.17) is 4.74 Å². The topological polar surface area (TPSA) is 52.4 Å².